The molecule has 1 atom stereocenters. The first-order chi connectivity index (χ1) is 13.0. The van der Waals surface area contributed by atoms with Crippen molar-refractivity contribution >= 4 is 11.8 Å². The molecule has 0 bridgehead atoms. The van der Waals surface area contributed by atoms with Crippen LogP contribution in [0.1, 0.15) is 44.1 Å². The van der Waals surface area contributed by atoms with Crippen molar-refractivity contribution in [3.05, 3.63) is 35.6 Å². The van der Waals surface area contributed by atoms with Crippen LogP contribution in [0.2, 0.25) is 0 Å². The highest BCUT2D eigenvalue weighted by Crippen LogP contribution is 2.40. The zero-order chi connectivity index (χ0) is 18.9. The molecule has 4 rings (SSSR count). The van der Waals surface area contributed by atoms with Gasteiger partial charge in [-0.15, -0.1) is 0 Å². The van der Waals surface area contributed by atoms with Crippen molar-refractivity contribution in [1.82, 2.24) is 15.1 Å². The van der Waals surface area contributed by atoms with Crippen LogP contribution in [-0.2, 0) is 16.1 Å². The summed E-state index contributed by atoms with van der Waals surface area (Å²) in [5, 5.41) is 3.03. The van der Waals surface area contributed by atoms with E-state index in [2.05, 4.69) is 10.2 Å². The molecule has 1 saturated carbocycles. The number of carbonyl (C=O) groups is 2. The van der Waals surface area contributed by atoms with E-state index in [1.54, 1.807) is 12.1 Å². The van der Waals surface area contributed by atoms with Gasteiger partial charge in [-0.05, 0) is 56.3 Å². The van der Waals surface area contributed by atoms with Gasteiger partial charge in [0.1, 0.15) is 5.82 Å². The molecular formula is C21H28FN3O2. The monoisotopic (exact) mass is 373 g/mol. The highest BCUT2D eigenvalue weighted by Gasteiger charge is 2.48. The van der Waals surface area contributed by atoms with Crippen LogP contribution in [0.4, 0.5) is 4.39 Å². The summed E-state index contributed by atoms with van der Waals surface area (Å²) >= 11 is 0. The minimum absolute atomic E-state index is 0.131. The summed E-state index contributed by atoms with van der Waals surface area (Å²) in [7, 11) is 0. The molecule has 1 N–H and O–H groups in total. The van der Waals surface area contributed by atoms with Crippen molar-refractivity contribution in [3.63, 3.8) is 0 Å². The van der Waals surface area contributed by atoms with E-state index in [0.717, 1.165) is 63.8 Å². The lowest BCUT2D eigenvalue weighted by Gasteiger charge is -2.39. The summed E-state index contributed by atoms with van der Waals surface area (Å²) in [6.07, 6.45) is 5.53. The molecule has 2 heterocycles. The molecule has 3 aliphatic rings. The fraction of sp³-hybridized carbons (Fsp3) is 0.619. The van der Waals surface area contributed by atoms with Crippen LogP contribution in [0.25, 0.3) is 0 Å². The SMILES string of the molecule is O=C(CCN1CCC2(CCCN(Cc3ccc(F)cc3)C2=O)C1)NC1CC1. The second-order valence-electron chi connectivity index (χ2n) is 8.35. The van der Waals surface area contributed by atoms with Gasteiger partial charge < -0.3 is 15.1 Å². The van der Waals surface area contributed by atoms with Crippen LogP contribution in [0.5, 0.6) is 0 Å². The maximum atomic E-state index is 13.2. The van der Waals surface area contributed by atoms with Gasteiger partial charge in [0.25, 0.3) is 0 Å². The number of piperidine rings is 1. The largest absolute Gasteiger partial charge is 0.353 e. The van der Waals surface area contributed by atoms with E-state index in [1.807, 2.05) is 4.90 Å². The lowest BCUT2D eigenvalue weighted by molar-refractivity contribution is -0.146. The third-order valence-corrected chi connectivity index (χ3v) is 6.14. The number of amides is 2. The second kappa shape index (κ2) is 7.58. The Kier molecular flexibility index (Phi) is 5.17. The van der Waals surface area contributed by atoms with E-state index < -0.39 is 0 Å². The van der Waals surface area contributed by atoms with Gasteiger partial charge in [0.2, 0.25) is 11.8 Å². The summed E-state index contributed by atoms with van der Waals surface area (Å²) in [5.74, 6) is 0.103. The third kappa shape index (κ3) is 4.32. The van der Waals surface area contributed by atoms with Crippen LogP contribution in [0.3, 0.4) is 0 Å². The van der Waals surface area contributed by atoms with Gasteiger partial charge >= 0.3 is 0 Å². The quantitative estimate of drug-likeness (QED) is 0.833. The predicted octanol–water partition coefficient (Wildman–Crippen LogP) is 2.31. The smallest absolute Gasteiger partial charge is 0.230 e. The van der Waals surface area contributed by atoms with Gasteiger partial charge in [0, 0.05) is 38.6 Å². The summed E-state index contributed by atoms with van der Waals surface area (Å²) in [5.41, 5.74) is 0.666. The highest BCUT2D eigenvalue weighted by molar-refractivity contribution is 5.84. The summed E-state index contributed by atoms with van der Waals surface area (Å²) in [6.45, 7) is 3.67. The fourth-order valence-corrected chi connectivity index (χ4v) is 4.43. The first-order valence-corrected chi connectivity index (χ1v) is 10.1. The van der Waals surface area contributed by atoms with Crippen molar-refractivity contribution in [2.75, 3.05) is 26.2 Å². The number of hydrogen-bond acceptors (Lipinski definition) is 3. The number of benzene rings is 1. The zero-order valence-electron chi connectivity index (χ0n) is 15.8. The molecular weight excluding hydrogens is 345 g/mol. The standard InChI is InChI=1S/C21H28FN3O2/c22-17-4-2-16(3-5-17)14-25-11-1-9-21(20(25)27)10-13-24(15-21)12-8-19(26)23-18-6-7-18/h2-5,18H,1,6-15H2,(H,23,26). The first-order valence-electron chi connectivity index (χ1n) is 10.1. The molecule has 0 aromatic heterocycles. The maximum absolute atomic E-state index is 13.2. The van der Waals surface area contributed by atoms with E-state index in [4.69, 9.17) is 0 Å². The molecule has 5 nitrogen and oxygen atoms in total. The Balaban J connectivity index is 1.32. The minimum Gasteiger partial charge on any atom is -0.353 e. The van der Waals surface area contributed by atoms with Gasteiger partial charge in [-0.1, -0.05) is 12.1 Å². The number of rotatable bonds is 6. The number of hydrogen-bond donors (Lipinski definition) is 1. The second-order valence-corrected chi connectivity index (χ2v) is 8.35. The van der Waals surface area contributed by atoms with E-state index in [0.29, 0.717) is 19.0 Å². The lowest BCUT2D eigenvalue weighted by Crippen LogP contribution is -2.49. The molecule has 6 heteroatoms. The molecule has 2 amide bonds. The molecule has 1 unspecified atom stereocenters. The topological polar surface area (TPSA) is 52.7 Å². The number of nitrogens with zero attached hydrogens (tertiary/aromatic N) is 2. The van der Waals surface area contributed by atoms with Crippen molar-refractivity contribution in [2.24, 2.45) is 5.41 Å². The zero-order valence-corrected chi connectivity index (χ0v) is 15.8. The van der Waals surface area contributed by atoms with E-state index in [9.17, 15) is 14.0 Å². The number of nitrogens with one attached hydrogen (secondary N) is 1. The van der Waals surface area contributed by atoms with Gasteiger partial charge in [0.05, 0.1) is 5.41 Å². The number of carbonyl (C=O) groups excluding carboxylic acids is 2. The molecule has 3 fully saturated rings. The molecule has 0 radical (unpaired) electrons. The average molecular weight is 373 g/mol. The van der Waals surface area contributed by atoms with E-state index in [1.165, 1.54) is 12.1 Å². The van der Waals surface area contributed by atoms with Crippen molar-refractivity contribution in [3.8, 4) is 0 Å². The molecule has 1 spiro atoms. The van der Waals surface area contributed by atoms with Crippen molar-refractivity contribution < 1.29 is 14.0 Å². The van der Waals surface area contributed by atoms with Crippen LogP contribution >= 0.6 is 0 Å². The maximum Gasteiger partial charge on any atom is 0.230 e. The van der Waals surface area contributed by atoms with E-state index >= 15 is 0 Å². The number of likely N-dealkylation sites (tertiary alicyclic amines) is 2. The van der Waals surface area contributed by atoms with Crippen molar-refractivity contribution in [1.29, 1.82) is 0 Å². The molecule has 1 aromatic rings. The lowest BCUT2D eigenvalue weighted by atomic mass is 9.78. The fourth-order valence-electron chi connectivity index (χ4n) is 4.43. The van der Waals surface area contributed by atoms with Crippen LogP contribution in [0, 0.1) is 11.2 Å². The minimum atomic E-state index is -0.300. The molecule has 27 heavy (non-hydrogen) atoms. The van der Waals surface area contributed by atoms with Gasteiger partial charge in [-0.25, -0.2) is 4.39 Å². The molecule has 2 aliphatic heterocycles. The van der Waals surface area contributed by atoms with Gasteiger partial charge in [0.15, 0.2) is 0 Å². The summed E-state index contributed by atoms with van der Waals surface area (Å²) in [6, 6.07) is 6.81. The molecule has 1 aliphatic carbocycles. The summed E-state index contributed by atoms with van der Waals surface area (Å²) < 4.78 is 13.1. The Hall–Kier alpha value is -1.95. The molecule has 1 aromatic carbocycles. The van der Waals surface area contributed by atoms with Crippen LogP contribution in [0.15, 0.2) is 24.3 Å². The Bertz CT molecular complexity index is 704. The Labute approximate surface area is 159 Å². The Morgan fingerprint density at radius 3 is 2.70 bits per heavy atom. The normalized spacial score (nSPS) is 26.0. The summed E-state index contributed by atoms with van der Waals surface area (Å²) in [4.78, 5) is 29.3. The van der Waals surface area contributed by atoms with Crippen LogP contribution < -0.4 is 5.32 Å². The van der Waals surface area contributed by atoms with E-state index in [-0.39, 0.29) is 23.0 Å². The highest BCUT2D eigenvalue weighted by atomic mass is 19.1. The molecule has 146 valence electrons. The van der Waals surface area contributed by atoms with Gasteiger partial charge in [-0.2, -0.15) is 0 Å². The number of halogens is 1. The van der Waals surface area contributed by atoms with Gasteiger partial charge in [-0.3, -0.25) is 9.59 Å². The average Bonchev–Trinajstić information content (AvgIpc) is 3.37. The Morgan fingerprint density at radius 1 is 1.19 bits per heavy atom. The first kappa shape index (κ1) is 18.4. The molecule has 2 saturated heterocycles. The Morgan fingerprint density at radius 2 is 1.96 bits per heavy atom. The predicted molar refractivity (Wildman–Crippen MR) is 100 cm³/mol. The third-order valence-electron chi connectivity index (χ3n) is 6.14. The van der Waals surface area contributed by atoms with Crippen LogP contribution in [-0.4, -0.2) is 53.8 Å². The van der Waals surface area contributed by atoms with Crippen molar-refractivity contribution in [2.45, 2.75) is 51.1 Å².